The normalized spacial score (nSPS) is 11.3. The van der Waals surface area contributed by atoms with Gasteiger partial charge in [-0.15, -0.1) is 0 Å². The predicted molar refractivity (Wildman–Crippen MR) is 155 cm³/mol. The Labute approximate surface area is 256 Å². The molecule has 0 atom stereocenters. The number of nitrogens with zero attached hydrogens (tertiary/aromatic N) is 3. The van der Waals surface area contributed by atoms with E-state index in [4.69, 9.17) is 18.9 Å². The number of fused-ring (bicyclic) bond motifs is 1. The van der Waals surface area contributed by atoms with E-state index in [1.807, 2.05) is 5.32 Å². The summed E-state index contributed by atoms with van der Waals surface area (Å²) in [5.74, 6) is -4.00. The van der Waals surface area contributed by atoms with E-state index in [-0.39, 0.29) is 27.4 Å². The number of halogens is 5. The van der Waals surface area contributed by atoms with Crippen molar-refractivity contribution in [3.05, 3.63) is 99.7 Å². The number of benzene rings is 2. The van der Waals surface area contributed by atoms with Crippen molar-refractivity contribution in [3.8, 4) is 34.6 Å². The summed E-state index contributed by atoms with van der Waals surface area (Å²) in [5, 5.41) is 2.43. The number of pyridine rings is 3. The summed E-state index contributed by atoms with van der Waals surface area (Å²) in [7, 11) is 4.16. The molecule has 0 saturated carbocycles. The average molecular weight is 643 g/mol. The van der Waals surface area contributed by atoms with E-state index in [0.29, 0.717) is 34.5 Å². The number of amides is 1. The third-order valence-electron chi connectivity index (χ3n) is 6.85. The number of hydrogen-bond donors (Lipinski definition) is 1. The van der Waals surface area contributed by atoms with Crippen LogP contribution in [0.4, 0.5) is 27.6 Å². The lowest BCUT2D eigenvalue weighted by atomic mass is 10.1. The minimum absolute atomic E-state index is 0.0822. The minimum Gasteiger partial charge on any atom is -0.493 e. The number of carbonyl (C=O) groups is 1. The molecule has 0 radical (unpaired) electrons. The largest absolute Gasteiger partial charge is 0.493 e. The molecule has 0 aliphatic carbocycles. The zero-order valence-electron chi connectivity index (χ0n) is 24.5. The Morgan fingerprint density at radius 3 is 2.22 bits per heavy atom. The van der Waals surface area contributed by atoms with Gasteiger partial charge in [-0.3, -0.25) is 19.1 Å². The van der Waals surface area contributed by atoms with Gasteiger partial charge in [-0.1, -0.05) is 0 Å². The monoisotopic (exact) mass is 642 g/mol. The lowest BCUT2D eigenvalue weighted by Crippen LogP contribution is -2.33. The summed E-state index contributed by atoms with van der Waals surface area (Å²) in [6.45, 7) is 1.42. The molecule has 0 unspecified atom stereocenters. The van der Waals surface area contributed by atoms with Gasteiger partial charge in [0.2, 0.25) is 11.7 Å². The van der Waals surface area contributed by atoms with Gasteiger partial charge in [0.15, 0.2) is 23.1 Å². The van der Waals surface area contributed by atoms with Crippen molar-refractivity contribution in [2.45, 2.75) is 13.1 Å². The first kappa shape index (κ1) is 31.7. The average Bonchev–Trinajstić information content (AvgIpc) is 3.03. The number of aromatic nitrogens is 3. The molecular formula is C31H23F5N4O6. The second-order valence-corrected chi connectivity index (χ2v) is 9.61. The number of hydrogen-bond acceptors (Lipinski definition) is 8. The van der Waals surface area contributed by atoms with Gasteiger partial charge in [0.1, 0.15) is 17.0 Å². The maximum Gasteiger partial charge on any atom is 0.431 e. The first-order valence-corrected chi connectivity index (χ1v) is 13.2. The fourth-order valence-electron chi connectivity index (χ4n) is 4.59. The highest BCUT2D eigenvalue weighted by molar-refractivity contribution is 6.04. The number of rotatable bonds is 8. The van der Waals surface area contributed by atoms with Gasteiger partial charge in [0, 0.05) is 23.7 Å². The molecule has 0 saturated heterocycles. The molecule has 3 heterocycles. The van der Waals surface area contributed by atoms with Gasteiger partial charge in [-0.25, -0.2) is 9.37 Å². The van der Waals surface area contributed by atoms with Crippen molar-refractivity contribution in [2.75, 3.05) is 26.6 Å². The number of methoxy groups -OCH3 is 3. The molecule has 15 heteroatoms. The molecule has 2 aromatic carbocycles. The first-order chi connectivity index (χ1) is 21.9. The second kappa shape index (κ2) is 12.3. The Morgan fingerprint density at radius 2 is 1.57 bits per heavy atom. The van der Waals surface area contributed by atoms with Gasteiger partial charge in [0.25, 0.3) is 11.5 Å². The van der Waals surface area contributed by atoms with E-state index >= 15 is 8.78 Å². The number of anilines is 1. The SMILES string of the molecule is COc1cc(C)c(-n2c(C(F)(F)F)ccc(C(=O)Nc3ccc(Oc4ccnc5cc(OC)c(OC)cc45)c(F)c3F)c2=O)cn1. The fraction of sp³-hybridized carbons (Fsp3) is 0.161. The van der Waals surface area contributed by atoms with Crippen LogP contribution >= 0.6 is 0 Å². The van der Waals surface area contributed by atoms with Crippen molar-refractivity contribution >= 4 is 22.5 Å². The highest BCUT2D eigenvalue weighted by atomic mass is 19.4. The Hall–Kier alpha value is -5.73. The standard InChI is InChI=1S/C31H23F5N4O6/c1-15-11-26(45-4)38-14-20(15)40-25(31(34,35)36)8-5-16(30(40)42)29(41)39-18-6-7-22(28(33)27(18)32)46-21-9-10-37-19-13-24(44-3)23(43-2)12-17(19)21/h5-14H,1-4H3,(H,39,41). The smallest absolute Gasteiger partial charge is 0.431 e. The van der Waals surface area contributed by atoms with E-state index in [1.165, 1.54) is 46.6 Å². The van der Waals surface area contributed by atoms with E-state index in [1.54, 1.807) is 12.1 Å². The van der Waals surface area contributed by atoms with Crippen molar-refractivity contribution < 1.29 is 45.7 Å². The van der Waals surface area contributed by atoms with Crippen LogP contribution in [0.3, 0.4) is 0 Å². The molecule has 5 rings (SSSR count). The molecule has 0 aliphatic rings. The van der Waals surface area contributed by atoms with Crippen molar-refractivity contribution in [3.63, 3.8) is 0 Å². The molecule has 0 bridgehead atoms. The lowest BCUT2D eigenvalue weighted by Gasteiger charge is -2.18. The fourth-order valence-corrected chi connectivity index (χ4v) is 4.59. The molecule has 238 valence electrons. The summed E-state index contributed by atoms with van der Waals surface area (Å²) < 4.78 is 93.5. The second-order valence-electron chi connectivity index (χ2n) is 9.61. The summed E-state index contributed by atoms with van der Waals surface area (Å²) in [4.78, 5) is 34.5. The third kappa shape index (κ3) is 5.86. The summed E-state index contributed by atoms with van der Waals surface area (Å²) >= 11 is 0. The quantitative estimate of drug-likeness (QED) is 0.192. The van der Waals surface area contributed by atoms with Gasteiger partial charge < -0.3 is 24.3 Å². The van der Waals surface area contributed by atoms with Crippen molar-refractivity contribution in [2.24, 2.45) is 0 Å². The topological polar surface area (TPSA) is 114 Å². The van der Waals surface area contributed by atoms with Crippen molar-refractivity contribution in [1.29, 1.82) is 0 Å². The van der Waals surface area contributed by atoms with Crippen molar-refractivity contribution in [1.82, 2.24) is 14.5 Å². The minimum atomic E-state index is -5.00. The molecule has 1 N–H and O–H groups in total. The van der Waals surface area contributed by atoms with Crippen LogP contribution in [0.25, 0.3) is 16.6 Å². The number of nitrogens with one attached hydrogen (secondary N) is 1. The summed E-state index contributed by atoms with van der Waals surface area (Å²) in [6, 6.07) is 9.00. The highest BCUT2D eigenvalue weighted by Crippen LogP contribution is 2.38. The molecule has 1 amide bonds. The van der Waals surface area contributed by atoms with Gasteiger partial charge in [0.05, 0.1) is 44.4 Å². The maximum atomic E-state index is 15.2. The predicted octanol–water partition coefficient (Wildman–Crippen LogP) is 6.46. The highest BCUT2D eigenvalue weighted by Gasteiger charge is 2.36. The van der Waals surface area contributed by atoms with Crippen LogP contribution < -0.4 is 29.8 Å². The Kier molecular flexibility index (Phi) is 8.50. The molecule has 10 nitrogen and oxygen atoms in total. The van der Waals surface area contributed by atoms with Crippen LogP contribution in [0.1, 0.15) is 21.6 Å². The van der Waals surface area contributed by atoms with Gasteiger partial charge in [-0.05, 0) is 48.9 Å². The Balaban J connectivity index is 1.48. The van der Waals surface area contributed by atoms with Gasteiger partial charge >= 0.3 is 6.18 Å². The van der Waals surface area contributed by atoms with Crippen LogP contribution in [0.2, 0.25) is 0 Å². The number of ether oxygens (including phenoxy) is 4. The number of alkyl halides is 3. The Morgan fingerprint density at radius 1 is 0.848 bits per heavy atom. The number of carbonyl (C=O) groups excluding carboxylic acids is 1. The maximum absolute atomic E-state index is 15.2. The van der Waals surface area contributed by atoms with E-state index in [0.717, 1.165) is 18.3 Å². The molecule has 0 spiro atoms. The molecule has 0 aliphatic heterocycles. The molecule has 0 fully saturated rings. The van der Waals surface area contributed by atoms with Crippen LogP contribution in [-0.2, 0) is 6.18 Å². The lowest BCUT2D eigenvalue weighted by molar-refractivity contribution is -0.142. The molecule has 3 aromatic heterocycles. The zero-order valence-corrected chi connectivity index (χ0v) is 24.5. The van der Waals surface area contributed by atoms with Crippen LogP contribution in [0, 0.1) is 18.6 Å². The molecule has 46 heavy (non-hydrogen) atoms. The zero-order chi connectivity index (χ0) is 33.3. The van der Waals surface area contributed by atoms with Crippen LogP contribution in [-0.4, -0.2) is 41.8 Å². The first-order valence-electron chi connectivity index (χ1n) is 13.2. The number of aryl methyl sites for hydroxylation is 1. The third-order valence-corrected chi connectivity index (χ3v) is 6.85. The van der Waals surface area contributed by atoms with Crippen LogP contribution in [0.5, 0.6) is 28.9 Å². The van der Waals surface area contributed by atoms with E-state index in [2.05, 4.69) is 9.97 Å². The molecular weight excluding hydrogens is 619 g/mol. The summed E-state index contributed by atoms with van der Waals surface area (Å²) in [5.41, 5.74) is -3.93. The van der Waals surface area contributed by atoms with E-state index < -0.39 is 52.0 Å². The molecule has 5 aromatic rings. The van der Waals surface area contributed by atoms with E-state index in [9.17, 15) is 22.8 Å². The van der Waals surface area contributed by atoms with Crippen LogP contribution in [0.15, 0.2) is 65.7 Å². The summed E-state index contributed by atoms with van der Waals surface area (Å²) in [6.07, 6.45) is -2.63. The van der Waals surface area contributed by atoms with Gasteiger partial charge in [-0.2, -0.15) is 17.6 Å². The Bertz CT molecular complexity index is 2050.